The summed E-state index contributed by atoms with van der Waals surface area (Å²) in [5, 5.41) is 29.7. The summed E-state index contributed by atoms with van der Waals surface area (Å²) >= 11 is 0. The number of ether oxygens (including phenoxy) is 1. The van der Waals surface area contributed by atoms with Crippen molar-refractivity contribution in [1.29, 1.82) is 0 Å². The molecule has 0 heterocycles. The Bertz CT molecular complexity index is 1250. The topological polar surface area (TPSA) is 272 Å². The van der Waals surface area contributed by atoms with Gasteiger partial charge < -0.3 is 42.0 Å². The van der Waals surface area contributed by atoms with E-state index in [-0.39, 0.29) is 56.5 Å². The second-order valence-electron chi connectivity index (χ2n) is 10.9. The first-order chi connectivity index (χ1) is 21.5. The molecule has 2 atom stereocenters. The molecule has 46 heavy (non-hydrogen) atoms. The van der Waals surface area contributed by atoms with Crippen LogP contribution in [0.3, 0.4) is 0 Å². The molecule has 0 radical (unpaired) electrons. The van der Waals surface area contributed by atoms with E-state index in [0.29, 0.717) is 11.3 Å². The molecule has 0 spiro atoms. The van der Waals surface area contributed by atoms with Crippen molar-refractivity contribution in [2.24, 2.45) is 17.6 Å². The van der Waals surface area contributed by atoms with E-state index in [1.165, 1.54) is 24.3 Å². The van der Waals surface area contributed by atoms with Gasteiger partial charge in [0, 0.05) is 31.0 Å². The number of carbonyl (C=O) groups is 8. The Morgan fingerprint density at radius 3 is 1.96 bits per heavy atom. The Morgan fingerprint density at radius 2 is 1.43 bits per heavy atom. The molecule has 17 heteroatoms. The molecule has 1 rings (SSSR count). The second kappa shape index (κ2) is 19.2. The van der Waals surface area contributed by atoms with Gasteiger partial charge in [-0.2, -0.15) is 0 Å². The lowest BCUT2D eigenvalue weighted by Crippen LogP contribution is -2.54. The van der Waals surface area contributed by atoms with Gasteiger partial charge in [-0.1, -0.05) is 39.8 Å². The maximum atomic E-state index is 13.2. The second-order valence-corrected chi connectivity index (χ2v) is 10.9. The number of carbonyl (C=O) groups excluding carboxylic acids is 6. The highest BCUT2D eigenvalue weighted by Crippen LogP contribution is 2.13. The smallest absolute Gasteiger partial charge is 0.408 e. The molecule has 0 aliphatic carbocycles. The van der Waals surface area contributed by atoms with Crippen LogP contribution in [0.25, 0.3) is 0 Å². The van der Waals surface area contributed by atoms with E-state index < -0.39 is 59.9 Å². The van der Waals surface area contributed by atoms with Crippen LogP contribution in [-0.4, -0.2) is 82.5 Å². The van der Waals surface area contributed by atoms with E-state index in [1.807, 2.05) is 0 Å². The maximum absolute atomic E-state index is 13.2. The van der Waals surface area contributed by atoms with E-state index >= 15 is 0 Å². The minimum Gasteiger partial charge on any atom is -0.479 e. The highest BCUT2D eigenvalue weighted by molar-refractivity contribution is 6.00. The maximum Gasteiger partial charge on any atom is 0.408 e. The molecule has 0 saturated heterocycles. The molecule has 254 valence electrons. The van der Waals surface area contributed by atoms with Gasteiger partial charge in [0.15, 0.2) is 0 Å². The van der Waals surface area contributed by atoms with E-state index in [2.05, 4.69) is 21.3 Å². The normalized spacial score (nSPS) is 12.1. The van der Waals surface area contributed by atoms with Gasteiger partial charge in [-0.25, -0.2) is 19.2 Å². The number of benzene rings is 1. The van der Waals surface area contributed by atoms with Crippen molar-refractivity contribution >= 4 is 53.3 Å². The Morgan fingerprint density at radius 1 is 0.826 bits per heavy atom. The lowest BCUT2D eigenvalue weighted by Gasteiger charge is -2.25. The number of aliphatic carboxylic acids is 2. The lowest BCUT2D eigenvalue weighted by molar-refractivity contribution is -0.151. The number of urea groups is 1. The largest absolute Gasteiger partial charge is 0.479 e. The standard InChI is InChI=1S/C29H42N6O11/c1-15(2)20(36)11-12-21(37)34-22(16(3)4)25(39)33-19(6-5-13-31-28(30)44)24(38)32-18-9-7-17(8-10-18)14-46-29(45)35-23(26(40)41)27(42)43/h7-10,15-16,19,22-23H,5-6,11-14H2,1-4H3,(H,32,38)(H,33,39)(H,34,37)(H,35,45)(H,40,41)(H,42,43)(H3,30,31,44)/t19-,22-/m0/s1. The molecule has 9 N–H and O–H groups in total. The van der Waals surface area contributed by atoms with Crippen LogP contribution in [0.4, 0.5) is 15.3 Å². The van der Waals surface area contributed by atoms with Gasteiger partial charge in [0.25, 0.3) is 0 Å². The summed E-state index contributed by atoms with van der Waals surface area (Å²) in [6, 6.07) is 0.862. The quantitative estimate of drug-likeness (QED) is 0.0753. The monoisotopic (exact) mass is 650 g/mol. The number of primary amides is 1. The number of alkyl carbamates (subject to hydrolysis) is 1. The van der Waals surface area contributed by atoms with E-state index in [9.17, 15) is 38.4 Å². The van der Waals surface area contributed by atoms with Crippen LogP contribution in [0, 0.1) is 11.8 Å². The Hall–Kier alpha value is -5.22. The van der Waals surface area contributed by atoms with Gasteiger partial charge in [0.2, 0.25) is 23.8 Å². The third-order valence-electron chi connectivity index (χ3n) is 6.46. The summed E-state index contributed by atoms with van der Waals surface area (Å²) < 4.78 is 4.84. The minimum absolute atomic E-state index is 0.0296. The number of nitrogens with one attached hydrogen (secondary N) is 5. The number of carboxylic acid groups (broad SMARTS) is 2. The van der Waals surface area contributed by atoms with Crippen LogP contribution in [0.15, 0.2) is 24.3 Å². The number of hydrogen-bond acceptors (Lipinski definition) is 9. The van der Waals surface area contributed by atoms with Gasteiger partial charge in [0.1, 0.15) is 24.5 Å². The van der Waals surface area contributed by atoms with Crippen molar-refractivity contribution in [3.63, 3.8) is 0 Å². The zero-order chi connectivity index (χ0) is 35.0. The minimum atomic E-state index is -2.18. The summed E-state index contributed by atoms with van der Waals surface area (Å²) in [5.74, 6) is -5.94. The van der Waals surface area contributed by atoms with E-state index in [1.54, 1.807) is 33.0 Å². The molecule has 6 amide bonds. The first kappa shape index (κ1) is 38.8. The molecular weight excluding hydrogens is 608 g/mol. The summed E-state index contributed by atoms with van der Waals surface area (Å²) in [4.78, 5) is 95.4. The fraction of sp³-hybridized carbons (Fsp3) is 0.517. The molecule has 1 aromatic rings. The fourth-order valence-electron chi connectivity index (χ4n) is 3.81. The number of ketones is 1. The molecule has 0 fully saturated rings. The average molecular weight is 651 g/mol. The van der Waals surface area contributed by atoms with Crippen LogP contribution in [0.5, 0.6) is 0 Å². The van der Waals surface area contributed by atoms with Crippen LogP contribution >= 0.6 is 0 Å². The molecule has 1 aromatic carbocycles. The van der Waals surface area contributed by atoms with Crippen molar-refractivity contribution in [3.8, 4) is 0 Å². The SMILES string of the molecule is CC(C)C(=O)CCC(=O)N[C@H](C(=O)N[C@@H](CCCNC(N)=O)C(=O)Nc1ccc(COC(=O)NC(C(=O)O)C(=O)O)cc1)C(C)C. The zero-order valence-corrected chi connectivity index (χ0v) is 26.1. The zero-order valence-electron chi connectivity index (χ0n) is 26.1. The fourth-order valence-corrected chi connectivity index (χ4v) is 3.81. The van der Waals surface area contributed by atoms with Crippen molar-refractivity contribution in [2.75, 3.05) is 11.9 Å². The number of hydrogen-bond donors (Lipinski definition) is 8. The van der Waals surface area contributed by atoms with Gasteiger partial charge in [-0.05, 0) is 36.5 Å². The van der Waals surface area contributed by atoms with Crippen LogP contribution < -0.4 is 32.3 Å². The third-order valence-corrected chi connectivity index (χ3v) is 6.46. The van der Waals surface area contributed by atoms with E-state index in [4.69, 9.17) is 20.7 Å². The molecule has 17 nitrogen and oxygen atoms in total. The Labute approximate surface area is 265 Å². The number of Topliss-reactive ketones (excluding diaryl/α,β-unsaturated/α-hetero) is 1. The van der Waals surface area contributed by atoms with Crippen LogP contribution in [-0.2, 0) is 40.1 Å². The molecule has 0 bridgehead atoms. The number of amides is 6. The number of nitrogens with two attached hydrogens (primary N) is 1. The number of carboxylic acids is 2. The van der Waals surface area contributed by atoms with Crippen LogP contribution in [0.2, 0.25) is 0 Å². The highest BCUT2D eigenvalue weighted by Gasteiger charge is 2.30. The lowest BCUT2D eigenvalue weighted by atomic mass is 10.0. The van der Waals surface area contributed by atoms with Gasteiger partial charge >= 0.3 is 24.1 Å². The predicted molar refractivity (Wildman–Crippen MR) is 162 cm³/mol. The molecule has 0 aliphatic heterocycles. The first-order valence-electron chi connectivity index (χ1n) is 14.5. The summed E-state index contributed by atoms with van der Waals surface area (Å²) in [5.41, 5.74) is 5.81. The Kier molecular flexibility index (Phi) is 16.2. The first-order valence-corrected chi connectivity index (χ1v) is 14.5. The predicted octanol–water partition coefficient (Wildman–Crippen LogP) is 0.469. The molecular formula is C29H42N6O11. The third kappa shape index (κ3) is 14.5. The van der Waals surface area contributed by atoms with E-state index in [0.717, 1.165) is 0 Å². The molecule has 0 saturated carbocycles. The molecule has 0 aliphatic rings. The van der Waals surface area contributed by atoms with Gasteiger partial charge in [-0.15, -0.1) is 0 Å². The van der Waals surface area contributed by atoms with Crippen molar-refractivity contribution in [2.45, 2.75) is 78.1 Å². The molecule has 0 unspecified atom stereocenters. The Balaban J connectivity index is 2.90. The van der Waals surface area contributed by atoms with Crippen molar-refractivity contribution in [1.82, 2.24) is 21.3 Å². The average Bonchev–Trinajstić information content (AvgIpc) is 2.97. The molecule has 0 aromatic heterocycles. The summed E-state index contributed by atoms with van der Waals surface area (Å²) in [6.07, 6.45) is -0.972. The summed E-state index contributed by atoms with van der Waals surface area (Å²) in [6.45, 7) is 6.66. The van der Waals surface area contributed by atoms with Crippen molar-refractivity contribution in [3.05, 3.63) is 29.8 Å². The highest BCUT2D eigenvalue weighted by atomic mass is 16.5. The van der Waals surface area contributed by atoms with Crippen molar-refractivity contribution < 1.29 is 53.3 Å². The number of rotatable bonds is 19. The summed E-state index contributed by atoms with van der Waals surface area (Å²) in [7, 11) is 0. The number of anilines is 1. The van der Waals surface area contributed by atoms with Gasteiger partial charge in [-0.3, -0.25) is 24.5 Å². The van der Waals surface area contributed by atoms with Crippen LogP contribution in [0.1, 0.15) is 58.9 Å². The van der Waals surface area contributed by atoms with Gasteiger partial charge in [0.05, 0.1) is 0 Å².